The minimum absolute atomic E-state index is 0. The first-order valence-electron chi connectivity index (χ1n) is 7.16. The van der Waals surface area contributed by atoms with Crippen molar-refractivity contribution >= 4 is 34.0 Å². The Morgan fingerprint density at radius 3 is 2.25 bits per heavy atom. The summed E-state index contributed by atoms with van der Waals surface area (Å²) >= 11 is 5.79. The van der Waals surface area contributed by atoms with Crippen LogP contribution in [-0.2, 0) is 16.2 Å². The summed E-state index contributed by atoms with van der Waals surface area (Å²) in [4.78, 5) is -0.300. The standard InChI is InChI=1S/C14H18ClF3N2O2S.ClH/c1-9(19)10-4-6-20(7-5-10)23(21,22)13-3-2-11(8-12(13)15)14(16,17)18;/h2-3,8-10H,4-7,19H2,1H3;1H. The van der Waals surface area contributed by atoms with Crippen molar-refractivity contribution in [3.8, 4) is 0 Å². The Bertz CT molecular complexity index is 673. The zero-order chi connectivity index (χ0) is 17.4. The van der Waals surface area contributed by atoms with Crippen LogP contribution in [0.5, 0.6) is 0 Å². The molecule has 1 aliphatic rings. The van der Waals surface area contributed by atoms with Crippen LogP contribution < -0.4 is 5.73 Å². The van der Waals surface area contributed by atoms with E-state index in [2.05, 4.69) is 0 Å². The van der Waals surface area contributed by atoms with Gasteiger partial charge in [0.1, 0.15) is 4.90 Å². The zero-order valence-electron chi connectivity index (χ0n) is 12.9. The maximum Gasteiger partial charge on any atom is 0.416 e. The molecule has 0 radical (unpaired) electrons. The summed E-state index contributed by atoms with van der Waals surface area (Å²) in [6.07, 6.45) is -3.33. The second-order valence-electron chi connectivity index (χ2n) is 5.74. The highest BCUT2D eigenvalue weighted by Crippen LogP contribution is 2.35. The number of benzene rings is 1. The lowest BCUT2D eigenvalue weighted by atomic mass is 9.92. The average molecular weight is 407 g/mol. The van der Waals surface area contributed by atoms with E-state index in [0.29, 0.717) is 18.9 Å². The van der Waals surface area contributed by atoms with Crippen LogP contribution in [-0.4, -0.2) is 31.9 Å². The number of nitrogens with zero attached hydrogens (tertiary/aromatic N) is 1. The van der Waals surface area contributed by atoms with Crippen molar-refractivity contribution < 1.29 is 21.6 Å². The number of sulfonamides is 1. The van der Waals surface area contributed by atoms with Crippen LogP contribution >= 0.6 is 24.0 Å². The molecule has 1 heterocycles. The van der Waals surface area contributed by atoms with Crippen molar-refractivity contribution in [2.45, 2.75) is 36.9 Å². The molecular formula is C14H19Cl2F3N2O2S. The lowest BCUT2D eigenvalue weighted by Gasteiger charge is -2.33. The number of halogens is 5. The third-order valence-electron chi connectivity index (χ3n) is 4.12. The molecule has 1 fully saturated rings. The Hall–Kier alpha value is -0.540. The molecule has 138 valence electrons. The quantitative estimate of drug-likeness (QED) is 0.834. The van der Waals surface area contributed by atoms with Crippen LogP contribution in [0.15, 0.2) is 23.1 Å². The molecule has 4 nitrogen and oxygen atoms in total. The molecule has 0 bridgehead atoms. The number of alkyl halides is 3. The highest BCUT2D eigenvalue weighted by atomic mass is 35.5. The van der Waals surface area contributed by atoms with Gasteiger partial charge in [0.2, 0.25) is 10.0 Å². The van der Waals surface area contributed by atoms with Crippen LogP contribution in [0.2, 0.25) is 5.02 Å². The van der Waals surface area contributed by atoms with Crippen LogP contribution in [0.25, 0.3) is 0 Å². The lowest BCUT2D eigenvalue weighted by molar-refractivity contribution is -0.137. The van der Waals surface area contributed by atoms with Crippen molar-refractivity contribution in [3.63, 3.8) is 0 Å². The van der Waals surface area contributed by atoms with E-state index in [1.807, 2.05) is 6.92 Å². The van der Waals surface area contributed by atoms with Gasteiger partial charge in [-0.25, -0.2) is 8.42 Å². The molecule has 10 heteroatoms. The summed E-state index contributed by atoms with van der Waals surface area (Å²) in [5.41, 5.74) is 4.84. The molecule has 24 heavy (non-hydrogen) atoms. The molecule has 1 aromatic carbocycles. The van der Waals surface area contributed by atoms with Gasteiger partial charge < -0.3 is 5.73 Å². The highest BCUT2D eigenvalue weighted by molar-refractivity contribution is 7.89. The van der Waals surface area contributed by atoms with Gasteiger partial charge in [0, 0.05) is 19.1 Å². The molecule has 2 N–H and O–H groups in total. The maximum atomic E-state index is 12.6. The molecule has 0 aliphatic carbocycles. The Morgan fingerprint density at radius 1 is 1.29 bits per heavy atom. The normalized spacial score (nSPS) is 18.9. The second kappa shape index (κ2) is 7.78. The summed E-state index contributed by atoms with van der Waals surface area (Å²) in [5.74, 6) is 0.240. The van der Waals surface area contributed by atoms with E-state index in [9.17, 15) is 21.6 Å². The maximum absolute atomic E-state index is 12.6. The molecule has 2 rings (SSSR count). The van der Waals surface area contributed by atoms with E-state index in [1.54, 1.807) is 0 Å². The molecule has 0 spiro atoms. The molecular weight excluding hydrogens is 388 g/mol. The van der Waals surface area contributed by atoms with E-state index in [4.69, 9.17) is 17.3 Å². The first-order chi connectivity index (χ1) is 10.5. The Balaban J connectivity index is 0.00000288. The van der Waals surface area contributed by atoms with Gasteiger partial charge >= 0.3 is 6.18 Å². The van der Waals surface area contributed by atoms with Crippen LogP contribution in [0.3, 0.4) is 0 Å². The van der Waals surface area contributed by atoms with Crippen molar-refractivity contribution in [2.24, 2.45) is 11.7 Å². The van der Waals surface area contributed by atoms with E-state index in [-0.39, 0.29) is 42.4 Å². The molecule has 0 aromatic heterocycles. The zero-order valence-corrected chi connectivity index (χ0v) is 15.3. The third kappa shape index (κ3) is 4.54. The van der Waals surface area contributed by atoms with Crippen molar-refractivity contribution in [1.82, 2.24) is 4.31 Å². The number of hydrogen-bond donors (Lipinski definition) is 1. The minimum Gasteiger partial charge on any atom is -0.328 e. The lowest BCUT2D eigenvalue weighted by Crippen LogP contribution is -2.42. The van der Waals surface area contributed by atoms with Crippen molar-refractivity contribution in [1.29, 1.82) is 0 Å². The average Bonchev–Trinajstić information content (AvgIpc) is 2.46. The number of piperidine rings is 1. The highest BCUT2D eigenvalue weighted by Gasteiger charge is 2.35. The number of rotatable bonds is 3. The predicted molar refractivity (Wildman–Crippen MR) is 88.8 cm³/mol. The summed E-state index contributed by atoms with van der Waals surface area (Å²) in [6, 6.07) is 2.27. The summed E-state index contributed by atoms with van der Waals surface area (Å²) in [5, 5.41) is -0.422. The van der Waals surface area contributed by atoms with E-state index in [0.717, 1.165) is 12.1 Å². The molecule has 1 unspecified atom stereocenters. The number of nitrogens with two attached hydrogens (primary N) is 1. The Labute approximate surface area is 150 Å². The first-order valence-corrected chi connectivity index (χ1v) is 8.97. The van der Waals surface area contributed by atoms with Gasteiger partial charge in [-0.05, 0) is 43.9 Å². The van der Waals surface area contributed by atoms with Gasteiger partial charge in [-0.3, -0.25) is 0 Å². The molecule has 0 saturated carbocycles. The number of hydrogen-bond acceptors (Lipinski definition) is 3. The van der Waals surface area contributed by atoms with Crippen LogP contribution in [0.4, 0.5) is 13.2 Å². The monoisotopic (exact) mass is 406 g/mol. The van der Waals surface area contributed by atoms with Crippen molar-refractivity contribution in [3.05, 3.63) is 28.8 Å². The van der Waals surface area contributed by atoms with Crippen LogP contribution in [0.1, 0.15) is 25.3 Å². The van der Waals surface area contributed by atoms with Crippen LogP contribution in [0, 0.1) is 5.92 Å². The van der Waals surface area contributed by atoms with Gasteiger partial charge in [0.05, 0.1) is 10.6 Å². The minimum atomic E-state index is -4.57. The SMILES string of the molecule is CC(N)C1CCN(S(=O)(=O)c2ccc(C(F)(F)F)cc2Cl)CC1.Cl. The largest absolute Gasteiger partial charge is 0.416 e. The Kier molecular flexibility index (Phi) is 6.97. The fourth-order valence-electron chi connectivity index (χ4n) is 2.67. The molecule has 1 saturated heterocycles. The smallest absolute Gasteiger partial charge is 0.328 e. The molecule has 1 aliphatic heterocycles. The molecule has 1 atom stereocenters. The first kappa shape index (κ1) is 21.5. The Morgan fingerprint density at radius 2 is 1.83 bits per heavy atom. The van der Waals surface area contributed by atoms with Gasteiger partial charge in [0.25, 0.3) is 0 Å². The topological polar surface area (TPSA) is 63.4 Å². The summed E-state index contributed by atoms with van der Waals surface area (Å²) < 4.78 is 64.3. The van der Waals surface area contributed by atoms with Gasteiger partial charge in [-0.2, -0.15) is 17.5 Å². The van der Waals surface area contributed by atoms with Gasteiger partial charge in [0.15, 0.2) is 0 Å². The summed E-state index contributed by atoms with van der Waals surface area (Å²) in [6.45, 7) is 2.44. The summed E-state index contributed by atoms with van der Waals surface area (Å²) in [7, 11) is -3.91. The van der Waals surface area contributed by atoms with E-state index >= 15 is 0 Å². The predicted octanol–water partition coefficient (Wildman–Crippen LogP) is 3.53. The second-order valence-corrected chi connectivity index (χ2v) is 8.06. The fraction of sp³-hybridized carbons (Fsp3) is 0.571. The van der Waals surface area contributed by atoms with E-state index in [1.165, 1.54) is 4.31 Å². The fourth-order valence-corrected chi connectivity index (χ4v) is 4.66. The molecule has 0 amide bonds. The van der Waals surface area contributed by atoms with Gasteiger partial charge in [-0.1, -0.05) is 11.6 Å². The van der Waals surface area contributed by atoms with Gasteiger partial charge in [-0.15, -0.1) is 12.4 Å². The third-order valence-corrected chi connectivity index (χ3v) is 6.50. The van der Waals surface area contributed by atoms with E-state index < -0.39 is 26.8 Å². The molecule has 1 aromatic rings. The van der Waals surface area contributed by atoms with Crippen molar-refractivity contribution in [2.75, 3.05) is 13.1 Å².